The molecule has 0 aliphatic carbocycles. The van der Waals surface area contributed by atoms with Crippen molar-refractivity contribution in [1.29, 1.82) is 0 Å². The summed E-state index contributed by atoms with van der Waals surface area (Å²) in [6.07, 6.45) is 0.556. The minimum Gasteiger partial charge on any atom is -0.397 e. The van der Waals surface area contributed by atoms with Gasteiger partial charge in [-0.2, -0.15) is 0 Å². The molecule has 108 valence electrons. The molecule has 0 fully saturated rings. The van der Waals surface area contributed by atoms with Crippen molar-refractivity contribution in [1.82, 2.24) is 9.71 Å². The first-order valence-corrected chi connectivity index (χ1v) is 8.58. The lowest BCUT2D eigenvalue weighted by Crippen LogP contribution is -2.26. The van der Waals surface area contributed by atoms with Crippen LogP contribution in [-0.2, 0) is 16.4 Å². The molecule has 5 nitrogen and oxygen atoms in total. The van der Waals surface area contributed by atoms with E-state index < -0.39 is 10.0 Å². The first-order valence-electron chi connectivity index (χ1n) is 5.84. The lowest BCUT2D eigenvalue weighted by molar-refractivity contribution is 0.581. The molecule has 8 heteroatoms. The Morgan fingerprint density at radius 3 is 2.80 bits per heavy atom. The summed E-state index contributed by atoms with van der Waals surface area (Å²) < 4.78 is 26.6. The van der Waals surface area contributed by atoms with Gasteiger partial charge in [-0.1, -0.05) is 11.6 Å². The van der Waals surface area contributed by atoms with Gasteiger partial charge in [0.1, 0.15) is 0 Å². The number of nitrogens with one attached hydrogen (secondary N) is 1. The molecule has 0 saturated heterocycles. The van der Waals surface area contributed by atoms with Crippen molar-refractivity contribution in [3.05, 3.63) is 39.3 Å². The van der Waals surface area contributed by atoms with Gasteiger partial charge in [-0.05, 0) is 25.1 Å². The Balaban J connectivity index is 2.02. The average Bonchev–Trinajstić information content (AvgIpc) is 2.78. The molecule has 2 aromatic rings. The van der Waals surface area contributed by atoms with Gasteiger partial charge in [-0.15, -0.1) is 11.3 Å². The van der Waals surface area contributed by atoms with Crippen molar-refractivity contribution in [2.75, 3.05) is 12.3 Å². The summed E-state index contributed by atoms with van der Waals surface area (Å²) >= 11 is 7.29. The summed E-state index contributed by atoms with van der Waals surface area (Å²) in [5.41, 5.74) is 6.79. The number of halogens is 1. The minimum absolute atomic E-state index is 0.106. The van der Waals surface area contributed by atoms with Crippen LogP contribution in [0.1, 0.15) is 10.7 Å². The molecule has 0 saturated carbocycles. The van der Waals surface area contributed by atoms with Gasteiger partial charge in [-0.3, -0.25) is 0 Å². The molecule has 0 atom stereocenters. The van der Waals surface area contributed by atoms with E-state index in [-0.39, 0.29) is 17.1 Å². The maximum absolute atomic E-state index is 12.1. The number of rotatable bonds is 5. The highest BCUT2D eigenvalue weighted by atomic mass is 35.5. The Morgan fingerprint density at radius 2 is 2.20 bits per heavy atom. The standard InChI is InChI=1S/C12H14ClN3O2S2/c1-8-7-19-12(16-8)4-5-15-20(17,18)9-2-3-10(13)11(14)6-9/h2-3,6-7,15H,4-5,14H2,1H3. The SMILES string of the molecule is Cc1csc(CCNS(=O)(=O)c2ccc(Cl)c(N)c2)n1. The number of aromatic nitrogens is 1. The van der Waals surface area contributed by atoms with Gasteiger partial charge in [0.25, 0.3) is 0 Å². The van der Waals surface area contributed by atoms with Crippen molar-refractivity contribution in [3.8, 4) is 0 Å². The number of hydrogen-bond acceptors (Lipinski definition) is 5. The van der Waals surface area contributed by atoms with Gasteiger partial charge >= 0.3 is 0 Å². The quantitative estimate of drug-likeness (QED) is 0.822. The molecule has 3 N–H and O–H groups in total. The van der Waals surface area contributed by atoms with Crippen molar-refractivity contribution >= 4 is 38.6 Å². The highest BCUT2D eigenvalue weighted by Crippen LogP contribution is 2.22. The van der Waals surface area contributed by atoms with Crippen molar-refractivity contribution < 1.29 is 8.42 Å². The molecule has 0 bridgehead atoms. The number of nitrogen functional groups attached to an aromatic ring is 1. The maximum Gasteiger partial charge on any atom is 0.240 e. The molecule has 0 unspecified atom stereocenters. The van der Waals surface area contributed by atoms with E-state index in [2.05, 4.69) is 9.71 Å². The smallest absolute Gasteiger partial charge is 0.240 e. The summed E-state index contributed by atoms with van der Waals surface area (Å²) in [4.78, 5) is 4.38. The van der Waals surface area contributed by atoms with E-state index in [0.717, 1.165) is 10.7 Å². The predicted molar refractivity (Wildman–Crippen MR) is 81.6 cm³/mol. The largest absolute Gasteiger partial charge is 0.397 e. The normalized spacial score (nSPS) is 11.7. The summed E-state index contributed by atoms with van der Waals surface area (Å²) in [6, 6.07) is 4.24. The van der Waals surface area contributed by atoms with Crippen LogP contribution in [0.2, 0.25) is 5.02 Å². The Bertz CT molecular complexity index is 713. The van der Waals surface area contributed by atoms with E-state index in [1.165, 1.54) is 29.5 Å². The Hall–Kier alpha value is -1.15. The second kappa shape index (κ2) is 6.09. The molecular formula is C12H14ClN3O2S2. The summed E-state index contributed by atoms with van der Waals surface area (Å²) in [5.74, 6) is 0. The first-order chi connectivity index (χ1) is 9.38. The lowest BCUT2D eigenvalue weighted by atomic mass is 10.3. The second-order valence-corrected chi connectivity index (χ2v) is 7.33. The second-order valence-electron chi connectivity index (χ2n) is 4.21. The van der Waals surface area contributed by atoms with E-state index in [1.54, 1.807) is 0 Å². The molecule has 1 aromatic carbocycles. The fraction of sp³-hybridized carbons (Fsp3) is 0.250. The molecule has 1 aromatic heterocycles. The van der Waals surface area contributed by atoms with Gasteiger partial charge in [0.05, 0.1) is 20.6 Å². The Labute approximate surface area is 126 Å². The van der Waals surface area contributed by atoms with E-state index in [0.29, 0.717) is 11.4 Å². The fourth-order valence-corrected chi connectivity index (χ4v) is 3.54. The van der Waals surface area contributed by atoms with Gasteiger partial charge in [0, 0.05) is 24.0 Å². The van der Waals surface area contributed by atoms with Crippen LogP contribution in [0.3, 0.4) is 0 Å². The topological polar surface area (TPSA) is 85.1 Å². The molecular weight excluding hydrogens is 318 g/mol. The third-order valence-electron chi connectivity index (χ3n) is 2.58. The molecule has 20 heavy (non-hydrogen) atoms. The average molecular weight is 332 g/mol. The monoisotopic (exact) mass is 331 g/mol. The number of thiazole rings is 1. The van der Waals surface area contributed by atoms with Gasteiger partial charge in [-0.25, -0.2) is 18.1 Å². The summed E-state index contributed by atoms with van der Waals surface area (Å²) in [6.45, 7) is 2.19. The Kier molecular flexibility index (Phi) is 4.64. The van der Waals surface area contributed by atoms with Crippen LogP contribution in [-0.4, -0.2) is 19.9 Å². The zero-order valence-corrected chi connectivity index (χ0v) is 13.1. The zero-order chi connectivity index (χ0) is 14.8. The lowest BCUT2D eigenvalue weighted by Gasteiger charge is -2.07. The number of nitrogens with zero attached hydrogens (tertiary/aromatic N) is 1. The number of aryl methyl sites for hydroxylation is 1. The predicted octanol–water partition coefficient (Wildman–Crippen LogP) is 2.21. The number of anilines is 1. The van der Waals surface area contributed by atoms with Crippen LogP contribution in [0, 0.1) is 6.92 Å². The van der Waals surface area contributed by atoms with Crippen LogP contribution in [0.25, 0.3) is 0 Å². The van der Waals surface area contributed by atoms with Gasteiger partial charge in [0.2, 0.25) is 10.0 Å². The molecule has 0 aliphatic heterocycles. The van der Waals surface area contributed by atoms with Crippen LogP contribution in [0.15, 0.2) is 28.5 Å². The zero-order valence-electron chi connectivity index (χ0n) is 10.8. The highest BCUT2D eigenvalue weighted by Gasteiger charge is 2.14. The number of benzene rings is 1. The van der Waals surface area contributed by atoms with Crippen LogP contribution in [0.5, 0.6) is 0 Å². The number of hydrogen-bond donors (Lipinski definition) is 2. The molecule has 0 aliphatic rings. The fourth-order valence-electron chi connectivity index (χ4n) is 1.58. The number of sulfonamides is 1. The maximum atomic E-state index is 12.1. The highest BCUT2D eigenvalue weighted by molar-refractivity contribution is 7.89. The third kappa shape index (κ3) is 3.69. The molecule has 0 amide bonds. The van der Waals surface area contributed by atoms with Crippen LogP contribution in [0.4, 0.5) is 5.69 Å². The van der Waals surface area contributed by atoms with E-state index >= 15 is 0 Å². The molecule has 0 spiro atoms. The summed E-state index contributed by atoms with van der Waals surface area (Å²) in [7, 11) is -3.57. The van der Waals surface area contributed by atoms with E-state index in [1.807, 2.05) is 12.3 Å². The minimum atomic E-state index is -3.57. The van der Waals surface area contributed by atoms with Crippen molar-refractivity contribution in [3.63, 3.8) is 0 Å². The molecule has 0 radical (unpaired) electrons. The Morgan fingerprint density at radius 1 is 1.45 bits per heavy atom. The van der Waals surface area contributed by atoms with Crippen LogP contribution >= 0.6 is 22.9 Å². The van der Waals surface area contributed by atoms with Gasteiger partial charge < -0.3 is 5.73 Å². The number of nitrogens with two attached hydrogens (primary N) is 1. The van der Waals surface area contributed by atoms with Gasteiger partial charge in [0.15, 0.2) is 0 Å². The van der Waals surface area contributed by atoms with Crippen molar-refractivity contribution in [2.45, 2.75) is 18.2 Å². The van der Waals surface area contributed by atoms with Crippen molar-refractivity contribution in [2.24, 2.45) is 0 Å². The summed E-state index contributed by atoms with van der Waals surface area (Å²) in [5, 5.41) is 3.17. The van der Waals surface area contributed by atoms with Crippen LogP contribution < -0.4 is 10.5 Å². The van der Waals surface area contributed by atoms with E-state index in [9.17, 15) is 8.42 Å². The molecule has 1 heterocycles. The van der Waals surface area contributed by atoms with E-state index in [4.69, 9.17) is 17.3 Å². The first kappa shape index (κ1) is 15.2. The third-order valence-corrected chi connectivity index (χ3v) is 5.40. The molecule has 2 rings (SSSR count).